The topological polar surface area (TPSA) is 103 Å². The number of carbonyl (C=O) groups is 2. The van der Waals surface area contributed by atoms with Crippen molar-refractivity contribution >= 4 is 17.6 Å². The van der Waals surface area contributed by atoms with Crippen LogP contribution in [0.3, 0.4) is 0 Å². The molecule has 0 bridgehead atoms. The quantitative estimate of drug-likeness (QED) is 0.649. The van der Waals surface area contributed by atoms with Gasteiger partial charge in [0.25, 0.3) is 5.91 Å². The number of phenols is 1. The van der Waals surface area contributed by atoms with Crippen LogP contribution in [0, 0.1) is 0 Å². The van der Waals surface area contributed by atoms with Gasteiger partial charge in [0.05, 0.1) is 13.7 Å². The van der Waals surface area contributed by atoms with Crippen LogP contribution < -0.4 is 19.5 Å². The van der Waals surface area contributed by atoms with Crippen LogP contribution >= 0.6 is 0 Å². The number of ether oxygens (including phenoxy) is 4. The minimum Gasteiger partial charge on any atom is -0.504 e. The van der Waals surface area contributed by atoms with Gasteiger partial charge in [-0.15, -0.1) is 0 Å². The van der Waals surface area contributed by atoms with Crippen LogP contribution in [0.5, 0.6) is 23.0 Å². The van der Waals surface area contributed by atoms with E-state index in [-0.39, 0.29) is 24.9 Å². The molecule has 0 unspecified atom stereocenters. The molecular weight excluding hydrogens is 354 g/mol. The summed E-state index contributed by atoms with van der Waals surface area (Å²) < 4.78 is 20.3. The Balaban J connectivity index is 1.80. The van der Waals surface area contributed by atoms with Gasteiger partial charge in [0, 0.05) is 11.8 Å². The maximum absolute atomic E-state index is 11.9. The number of methoxy groups -OCH3 is 1. The van der Waals surface area contributed by atoms with E-state index in [2.05, 4.69) is 5.32 Å². The molecule has 0 heterocycles. The first-order valence-electron chi connectivity index (χ1n) is 8.20. The van der Waals surface area contributed by atoms with E-state index in [0.29, 0.717) is 29.5 Å². The number of hydrogen-bond acceptors (Lipinski definition) is 7. The van der Waals surface area contributed by atoms with E-state index in [1.54, 1.807) is 37.3 Å². The van der Waals surface area contributed by atoms with Crippen molar-refractivity contribution < 1.29 is 33.6 Å². The zero-order valence-electron chi connectivity index (χ0n) is 15.1. The van der Waals surface area contributed by atoms with Gasteiger partial charge in [0.1, 0.15) is 11.5 Å². The predicted molar refractivity (Wildman–Crippen MR) is 97.4 cm³/mol. The summed E-state index contributed by atoms with van der Waals surface area (Å²) in [7, 11) is 1.44. The Bertz CT molecular complexity index is 774. The van der Waals surface area contributed by atoms with E-state index in [9.17, 15) is 14.7 Å². The third-order valence-corrected chi connectivity index (χ3v) is 3.32. The van der Waals surface area contributed by atoms with Crippen LogP contribution in [0.25, 0.3) is 0 Å². The number of benzene rings is 2. The molecule has 2 aromatic rings. The first-order valence-corrected chi connectivity index (χ1v) is 8.20. The van der Waals surface area contributed by atoms with Crippen LogP contribution in [-0.2, 0) is 14.3 Å². The number of nitrogens with one attached hydrogen (secondary N) is 1. The molecule has 0 aliphatic carbocycles. The highest BCUT2D eigenvalue weighted by molar-refractivity contribution is 5.91. The van der Waals surface area contributed by atoms with Crippen molar-refractivity contribution in [3.63, 3.8) is 0 Å². The van der Waals surface area contributed by atoms with Gasteiger partial charge in [0.2, 0.25) is 0 Å². The number of hydrogen-bond donors (Lipinski definition) is 2. The van der Waals surface area contributed by atoms with Gasteiger partial charge in [-0.2, -0.15) is 0 Å². The summed E-state index contributed by atoms with van der Waals surface area (Å²) in [5.74, 6) is 0.241. The third-order valence-electron chi connectivity index (χ3n) is 3.32. The Morgan fingerprint density at radius 1 is 1.00 bits per heavy atom. The summed E-state index contributed by atoms with van der Waals surface area (Å²) >= 11 is 0. The summed E-state index contributed by atoms with van der Waals surface area (Å²) in [5.41, 5.74) is 0.546. The molecule has 0 radical (unpaired) electrons. The zero-order chi connectivity index (χ0) is 19.6. The molecule has 0 saturated carbocycles. The lowest BCUT2D eigenvalue weighted by molar-refractivity contribution is -0.145. The van der Waals surface area contributed by atoms with E-state index in [4.69, 9.17) is 18.9 Å². The molecule has 0 aliphatic heterocycles. The van der Waals surface area contributed by atoms with Crippen LogP contribution in [0.15, 0.2) is 42.5 Å². The fourth-order valence-corrected chi connectivity index (χ4v) is 2.08. The Hall–Kier alpha value is -3.42. The average Bonchev–Trinajstić information content (AvgIpc) is 2.66. The normalized spacial score (nSPS) is 10.0. The SMILES string of the molecule is CCOC(=O)COc1ccc(NC(=O)COc2ccc(OC)c(O)c2)cc1. The van der Waals surface area contributed by atoms with Gasteiger partial charge in [-0.3, -0.25) is 4.79 Å². The molecule has 0 aliphatic rings. The Morgan fingerprint density at radius 3 is 2.30 bits per heavy atom. The number of amides is 1. The van der Waals surface area contributed by atoms with E-state index < -0.39 is 5.97 Å². The molecule has 8 nitrogen and oxygen atoms in total. The predicted octanol–water partition coefficient (Wildman–Crippen LogP) is 2.36. The minimum atomic E-state index is -0.448. The van der Waals surface area contributed by atoms with Crippen molar-refractivity contribution in [2.45, 2.75) is 6.92 Å². The largest absolute Gasteiger partial charge is 0.504 e. The van der Waals surface area contributed by atoms with Crippen molar-refractivity contribution in [2.75, 3.05) is 32.2 Å². The van der Waals surface area contributed by atoms with Crippen LogP contribution in [0.4, 0.5) is 5.69 Å². The van der Waals surface area contributed by atoms with Crippen LogP contribution in [-0.4, -0.2) is 43.9 Å². The molecule has 27 heavy (non-hydrogen) atoms. The highest BCUT2D eigenvalue weighted by atomic mass is 16.6. The second-order valence-corrected chi connectivity index (χ2v) is 5.29. The number of anilines is 1. The summed E-state index contributed by atoms with van der Waals surface area (Å²) in [6.45, 7) is 1.61. The Kier molecular flexibility index (Phi) is 7.30. The van der Waals surface area contributed by atoms with Crippen molar-refractivity contribution in [3.05, 3.63) is 42.5 Å². The van der Waals surface area contributed by atoms with Gasteiger partial charge < -0.3 is 29.4 Å². The van der Waals surface area contributed by atoms with E-state index in [1.807, 2.05) is 0 Å². The summed E-state index contributed by atoms with van der Waals surface area (Å²) in [6.07, 6.45) is 0. The molecule has 0 aromatic heterocycles. The second kappa shape index (κ2) is 9.91. The molecule has 0 spiro atoms. The van der Waals surface area contributed by atoms with E-state index >= 15 is 0 Å². The van der Waals surface area contributed by atoms with Gasteiger partial charge in [-0.1, -0.05) is 0 Å². The molecule has 144 valence electrons. The third kappa shape index (κ3) is 6.43. The lowest BCUT2D eigenvalue weighted by atomic mass is 10.3. The number of phenolic OH excluding ortho intramolecular Hbond substituents is 1. The zero-order valence-corrected chi connectivity index (χ0v) is 15.1. The maximum Gasteiger partial charge on any atom is 0.344 e. The number of carbonyl (C=O) groups excluding carboxylic acids is 2. The lowest BCUT2D eigenvalue weighted by Crippen LogP contribution is -2.20. The summed E-state index contributed by atoms with van der Waals surface area (Å²) in [6, 6.07) is 11.0. The summed E-state index contributed by atoms with van der Waals surface area (Å²) in [4.78, 5) is 23.2. The van der Waals surface area contributed by atoms with Gasteiger partial charge in [-0.25, -0.2) is 4.79 Å². The molecule has 0 fully saturated rings. The molecule has 2 N–H and O–H groups in total. The molecule has 8 heteroatoms. The number of rotatable bonds is 9. The average molecular weight is 375 g/mol. The standard InChI is InChI=1S/C19H21NO7/c1-3-25-19(23)12-27-14-6-4-13(5-7-14)20-18(22)11-26-15-8-9-17(24-2)16(21)10-15/h4-10,21H,3,11-12H2,1-2H3,(H,20,22). The molecule has 2 rings (SSSR count). The maximum atomic E-state index is 11.9. The fraction of sp³-hybridized carbons (Fsp3) is 0.263. The minimum absolute atomic E-state index is 0.0752. The Morgan fingerprint density at radius 2 is 1.67 bits per heavy atom. The first kappa shape index (κ1) is 19.9. The Labute approximate surface area is 156 Å². The molecule has 1 amide bonds. The van der Waals surface area contributed by atoms with Gasteiger partial charge >= 0.3 is 5.97 Å². The number of esters is 1. The van der Waals surface area contributed by atoms with Gasteiger partial charge in [0.15, 0.2) is 24.7 Å². The van der Waals surface area contributed by atoms with Crippen LogP contribution in [0.1, 0.15) is 6.92 Å². The van der Waals surface area contributed by atoms with Gasteiger partial charge in [-0.05, 0) is 43.3 Å². The smallest absolute Gasteiger partial charge is 0.344 e. The highest BCUT2D eigenvalue weighted by Gasteiger charge is 2.08. The highest BCUT2D eigenvalue weighted by Crippen LogP contribution is 2.29. The van der Waals surface area contributed by atoms with E-state index in [0.717, 1.165) is 0 Å². The van der Waals surface area contributed by atoms with Crippen molar-refractivity contribution in [2.24, 2.45) is 0 Å². The molecular formula is C19H21NO7. The van der Waals surface area contributed by atoms with Crippen molar-refractivity contribution in [3.8, 4) is 23.0 Å². The fourth-order valence-electron chi connectivity index (χ4n) is 2.08. The molecule has 0 atom stereocenters. The molecule has 2 aromatic carbocycles. The summed E-state index contributed by atoms with van der Waals surface area (Å²) in [5, 5.41) is 12.3. The van der Waals surface area contributed by atoms with Crippen LogP contribution in [0.2, 0.25) is 0 Å². The van der Waals surface area contributed by atoms with Crippen molar-refractivity contribution in [1.29, 1.82) is 0 Å². The second-order valence-electron chi connectivity index (χ2n) is 5.29. The molecule has 0 saturated heterocycles. The lowest BCUT2D eigenvalue weighted by Gasteiger charge is -2.10. The monoisotopic (exact) mass is 375 g/mol. The van der Waals surface area contributed by atoms with E-state index in [1.165, 1.54) is 19.2 Å². The first-order chi connectivity index (χ1) is 13.0. The number of aromatic hydroxyl groups is 1. The van der Waals surface area contributed by atoms with Crippen molar-refractivity contribution in [1.82, 2.24) is 0 Å².